The van der Waals surface area contributed by atoms with Gasteiger partial charge in [-0.25, -0.2) is 0 Å². The van der Waals surface area contributed by atoms with Gasteiger partial charge >= 0.3 is 0 Å². The van der Waals surface area contributed by atoms with E-state index in [4.69, 9.17) is 0 Å². The zero-order chi connectivity index (χ0) is 16.7. The molecule has 0 aromatic rings. The highest BCUT2D eigenvalue weighted by atomic mass is 14.6. The Morgan fingerprint density at radius 3 is 1.68 bits per heavy atom. The van der Waals surface area contributed by atoms with Gasteiger partial charge in [-0.1, -0.05) is 80.1 Å². The van der Waals surface area contributed by atoms with E-state index >= 15 is 0 Å². The van der Waals surface area contributed by atoms with Crippen LogP contribution in [0.1, 0.15) is 125 Å². The van der Waals surface area contributed by atoms with Crippen molar-refractivity contribution in [1.29, 1.82) is 0 Å². The van der Waals surface area contributed by atoms with E-state index in [9.17, 15) is 0 Å². The first-order valence-electron chi connectivity index (χ1n) is 10.4. The van der Waals surface area contributed by atoms with Crippen LogP contribution in [0.4, 0.5) is 0 Å². The molecule has 22 heavy (non-hydrogen) atoms. The summed E-state index contributed by atoms with van der Waals surface area (Å²) in [5, 5.41) is 0. The first-order chi connectivity index (χ1) is 10.4. The van der Waals surface area contributed by atoms with E-state index in [0.29, 0.717) is 16.2 Å². The maximum Gasteiger partial charge on any atom is -0.0238 e. The Labute approximate surface area is 141 Å². The summed E-state index contributed by atoms with van der Waals surface area (Å²) in [6, 6.07) is 0. The molecule has 0 spiro atoms. The molecule has 1 fully saturated rings. The first kappa shape index (κ1) is 20.0. The van der Waals surface area contributed by atoms with Gasteiger partial charge in [-0.05, 0) is 61.2 Å². The van der Waals surface area contributed by atoms with Gasteiger partial charge in [0.1, 0.15) is 0 Å². The van der Waals surface area contributed by atoms with Crippen molar-refractivity contribution in [2.24, 2.45) is 16.2 Å². The molecule has 2 atom stereocenters. The third-order valence-corrected chi connectivity index (χ3v) is 6.77. The Bertz CT molecular complexity index is 301. The smallest absolute Gasteiger partial charge is 0.0238 e. The summed E-state index contributed by atoms with van der Waals surface area (Å²) in [5.41, 5.74) is 1.90. The summed E-state index contributed by atoms with van der Waals surface area (Å²) in [5.74, 6) is 0. The van der Waals surface area contributed by atoms with Crippen LogP contribution in [0, 0.1) is 16.2 Å². The van der Waals surface area contributed by atoms with Gasteiger partial charge in [-0.15, -0.1) is 0 Å². The van der Waals surface area contributed by atoms with Crippen molar-refractivity contribution in [2.45, 2.75) is 125 Å². The lowest BCUT2D eigenvalue weighted by molar-refractivity contribution is 0.0597. The molecule has 1 aliphatic carbocycles. The van der Waals surface area contributed by atoms with Crippen molar-refractivity contribution in [1.82, 2.24) is 0 Å². The third kappa shape index (κ3) is 5.00. The fraction of sp³-hybridized carbons (Fsp3) is 1.00. The van der Waals surface area contributed by atoms with Crippen LogP contribution in [0.3, 0.4) is 0 Å². The van der Waals surface area contributed by atoms with E-state index in [-0.39, 0.29) is 0 Å². The van der Waals surface area contributed by atoms with Crippen molar-refractivity contribution in [3.8, 4) is 0 Å². The van der Waals surface area contributed by atoms with Crippen molar-refractivity contribution in [3.63, 3.8) is 0 Å². The first-order valence-corrected chi connectivity index (χ1v) is 10.4. The van der Waals surface area contributed by atoms with Gasteiger partial charge in [0.05, 0.1) is 0 Å². The fourth-order valence-electron chi connectivity index (χ4n) is 5.24. The van der Waals surface area contributed by atoms with Gasteiger partial charge in [0, 0.05) is 0 Å². The molecule has 0 radical (unpaired) electrons. The summed E-state index contributed by atoms with van der Waals surface area (Å²) < 4.78 is 0. The maximum absolute atomic E-state index is 2.64. The van der Waals surface area contributed by atoms with Crippen LogP contribution in [-0.2, 0) is 0 Å². The summed E-state index contributed by atoms with van der Waals surface area (Å²) >= 11 is 0. The summed E-state index contributed by atoms with van der Waals surface area (Å²) in [4.78, 5) is 0. The molecule has 0 heteroatoms. The minimum atomic E-state index is 0.600. The molecule has 0 bridgehead atoms. The van der Waals surface area contributed by atoms with E-state index in [0.717, 1.165) is 0 Å². The number of hydrogen-bond donors (Lipinski definition) is 0. The minimum Gasteiger partial charge on any atom is -0.0654 e. The standard InChI is InChI=1S/C22H44/c1-7-11-15-20(5,13-9-3)19-22(17-18-22)21(6,14-10-4)16-12-8-2/h7-19H2,1-6H3. The third-order valence-electron chi connectivity index (χ3n) is 6.77. The van der Waals surface area contributed by atoms with Gasteiger partial charge in [0.15, 0.2) is 0 Å². The normalized spacial score (nSPS) is 22.1. The number of rotatable bonds is 13. The summed E-state index contributed by atoms with van der Waals surface area (Å²) in [6.07, 6.45) is 18.6. The topological polar surface area (TPSA) is 0 Å². The van der Waals surface area contributed by atoms with Crippen molar-refractivity contribution in [2.75, 3.05) is 0 Å². The molecule has 2 unspecified atom stereocenters. The van der Waals surface area contributed by atoms with Crippen LogP contribution in [0.15, 0.2) is 0 Å². The predicted octanol–water partition coefficient (Wildman–Crippen LogP) is 8.15. The highest BCUT2D eigenvalue weighted by Crippen LogP contribution is 2.67. The lowest BCUT2D eigenvalue weighted by atomic mass is 9.61. The quantitative estimate of drug-likeness (QED) is 0.322. The van der Waals surface area contributed by atoms with E-state index in [1.54, 1.807) is 0 Å². The molecule has 1 saturated carbocycles. The Morgan fingerprint density at radius 2 is 1.23 bits per heavy atom. The molecule has 0 saturated heterocycles. The average molecular weight is 309 g/mol. The van der Waals surface area contributed by atoms with Gasteiger partial charge in [0.2, 0.25) is 0 Å². The van der Waals surface area contributed by atoms with Gasteiger partial charge in [-0.3, -0.25) is 0 Å². The Balaban J connectivity index is 2.84. The largest absolute Gasteiger partial charge is 0.0654 e. The van der Waals surface area contributed by atoms with Gasteiger partial charge < -0.3 is 0 Å². The molecular weight excluding hydrogens is 264 g/mol. The molecule has 0 heterocycles. The Morgan fingerprint density at radius 1 is 0.682 bits per heavy atom. The lowest BCUT2D eigenvalue weighted by Gasteiger charge is -2.44. The molecular formula is C22H44. The van der Waals surface area contributed by atoms with Crippen LogP contribution < -0.4 is 0 Å². The molecule has 1 aliphatic rings. The molecule has 0 aromatic heterocycles. The summed E-state index contributed by atoms with van der Waals surface area (Å²) in [6.45, 7) is 14.7. The molecule has 0 aliphatic heterocycles. The van der Waals surface area contributed by atoms with Crippen LogP contribution in [-0.4, -0.2) is 0 Å². The molecule has 0 N–H and O–H groups in total. The SMILES string of the molecule is CCCCC(C)(CCC)CC1(C(C)(CCC)CCCC)CC1. The Hall–Kier alpha value is 0. The van der Waals surface area contributed by atoms with Crippen molar-refractivity contribution in [3.05, 3.63) is 0 Å². The lowest BCUT2D eigenvalue weighted by Crippen LogP contribution is -2.34. The average Bonchev–Trinajstić information content (AvgIpc) is 3.24. The zero-order valence-corrected chi connectivity index (χ0v) is 16.7. The van der Waals surface area contributed by atoms with E-state index in [1.807, 2.05) is 0 Å². The van der Waals surface area contributed by atoms with E-state index < -0.39 is 0 Å². The molecule has 0 aromatic carbocycles. The van der Waals surface area contributed by atoms with Crippen LogP contribution in [0.5, 0.6) is 0 Å². The number of unbranched alkanes of at least 4 members (excludes halogenated alkanes) is 2. The van der Waals surface area contributed by atoms with Crippen molar-refractivity contribution < 1.29 is 0 Å². The molecule has 0 nitrogen and oxygen atoms in total. The van der Waals surface area contributed by atoms with Crippen LogP contribution in [0.2, 0.25) is 0 Å². The van der Waals surface area contributed by atoms with Gasteiger partial charge in [-0.2, -0.15) is 0 Å². The second kappa shape index (κ2) is 8.74. The van der Waals surface area contributed by atoms with Gasteiger partial charge in [0.25, 0.3) is 0 Å². The predicted molar refractivity (Wildman–Crippen MR) is 101 cm³/mol. The van der Waals surface area contributed by atoms with Crippen LogP contribution >= 0.6 is 0 Å². The monoisotopic (exact) mass is 308 g/mol. The molecule has 132 valence electrons. The highest BCUT2D eigenvalue weighted by Gasteiger charge is 2.57. The highest BCUT2D eigenvalue weighted by molar-refractivity contribution is 5.07. The van der Waals surface area contributed by atoms with Crippen molar-refractivity contribution >= 4 is 0 Å². The zero-order valence-electron chi connectivity index (χ0n) is 16.7. The minimum absolute atomic E-state index is 0.600. The fourth-order valence-corrected chi connectivity index (χ4v) is 5.24. The molecule has 0 amide bonds. The van der Waals surface area contributed by atoms with Crippen LogP contribution in [0.25, 0.3) is 0 Å². The van der Waals surface area contributed by atoms with E-state index in [1.165, 1.54) is 83.5 Å². The summed E-state index contributed by atoms with van der Waals surface area (Å²) in [7, 11) is 0. The molecule has 1 rings (SSSR count). The number of hydrogen-bond acceptors (Lipinski definition) is 0. The second-order valence-electron chi connectivity index (χ2n) is 9.04. The second-order valence-corrected chi connectivity index (χ2v) is 9.04. The van der Waals surface area contributed by atoms with E-state index in [2.05, 4.69) is 41.5 Å². The Kier molecular flexibility index (Phi) is 7.96. The maximum atomic E-state index is 2.64.